The maximum Gasteiger partial charge on any atom is 0.250 e. The molecule has 0 spiro atoms. The number of para-hydroxylation sites is 1. The van der Waals surface area contributed by atoms with Crippen LogP contribution < -0.4 is 11.5 Å². The Balaban J connectivity index is 3.35. The molecule has 0 aliphatic rings. The van der Waals surface area contributed by atoms with Gasteiger partial charge in [-0.05, 0) is 6.07 Å². The first-order chi connectivity index (χ1) is 6.34. The van der Waals surface area contributed by atoms with Crippen LogP contribution in [0.4, 0.5) is 5.69 Å². The van der Waals surface area contributed by atoms with Crippen LogP contribution in [0.5, 0.6) is 0 Å². The Labute approximate surface area is 95.9 Å². The smallest absolute Gasteiger partial charge is 0.250 e. The van der Waals surface area contributed by atoms with Crippen LogP contribution in [-0.4, -0.2) is 5.91 Å². The Bertz CT molecular complexity index is 373. The van der Waals surface area contributed by atoms with Crippen molar-refractivity contribution in [3.05, 3.63) is 29.3 Å². The van der Waals surface area contributed by atoms with Crippen molar-refractivity contribution < 1.29 is 4.79 Å². The molecule has 0 aromatic heterocycles. The average Bonchev–Trinajstić information content (AvgIpc) is 2.01. The van der Waals surface area contributed by atoms with Gasteiger partial charge < -0.3 is 11.5 Å². The summed E-state index contributed by atoms with van der Waals surface area (Å²) in [7, 11) is 0. The minimum Gasteiger partial charge on any atom is -0.398 e. The third kappa shape index (κ3) is 2.23. The first kappa shape index (κ1) is 11.4. The Kier molecular flexibility index (Phi) is 3.14. The lowest BCUT2D eigenvalue weighted by Gasteiger charge is -2.15. The number of primary amides is 1. The van der Waals surface area contributed by atoms with Gasteiger partial charge in [-0.15, -0.1) is 0 Å². The molecule has 0 heterocycles. The van der Waals surface area contributed by atoms with Crippen molar-refractivity contribution in [3.8, 4) is 0 Å². The quantitative estimate of drug-likeness (QED) is 0.595. The van der Waals surface area contributed by atoms with Crippen LogP contribution in [0, 0.1) is 0 Å². The van der Waals surface area contributed by atoms with E-state index < -0.39 is 9.70 Å². The third-order valence-corrected chi connectivity index (χ3v) is 2.29. The largest absolute Gasteiger partial charge is 0.398 e. The Morgan fingerprint density at radius 3 is 2.29 bits per heavy atom. The van der Waals surface area contributed by atoms with E-state index in [4.69, 9.17) is 46.3 Å². The van der Waals surface area contributed by atoms with E-state index >= 15 is 0 Å². The van der Waals surface area contributed by atoms with E-state index in [9.17, 15) is 4.79 Å². The number of halogens is 3. The molecule has 4 N–H and O–H groups in total. The molecule has 0 atom stereocenters. The van der Waals surface area contributed by atoms with Gasteiger partial charge in [0, 0.05) is 5.56 Å². The summed E-state index contributed by atoms with van der Waals surface area (Å²) in [4.78, 5) is 10.9. The van der Waals surface area contributed by atoms with Crippen molar-refractivity contribution in [3.63, 3.8) is 0 Å². The SMILES string of the molecule is NC(=O)c1cccc(C(Cl)(Cl)Cl)c1N. The highest BCUT2D eigenvalue weighted by Gasteiger charge is 2.27. The first-order valence-electron chi connectivity index (χ1n) is 3.59. The second-order valence-electron chi connectivity index (χ2n) is 2.63. The molecular formula is C8H7Cl3N2O. The molecule has 0 fully saturated rings. The van der Waals surface area contributed by atoms with E-state index in [2.05, 4.69) is 0 Å². The van der Waals surface area contributed by atoms with E-state index in [-0.39, 0.29) is 16.8 Å². The number of benzene rings is 1. The number of alkyl halides is 3. The van der Waals surface area contributed by atoms with Crippen LogP contribution >= 0.6 is 34.8 Å². The number of carbonyl (C=O) groups excluding carboxylic acids is 1. The van der Waals surface area contributed by atoms with Crippen molar-refractivity contribution >= 4 is 46.4 Å². The summed E-state index contributed by atoms with van der Waals surface area (Å²) in [5.74, 6) is -0.654. The van der Waals surface area contributed by atoms with Gasteiger partial charge in [0.2, 0.25) is 3.79 Å². The second kappa shape index (κ2) is 3.85. The predicted molar refractivity (Wildman–Crippen MR) is 58.6 cm³/mol. The Hall–Kier alpha value is -0.640. The van der Waals surface area contributed by atoms with Gasteiger partial charge in [0.15, 0.2) is 0 Å². The normalized spacial score (nSPS) is 11.4. The van der Waals surface area contributed by atoms with Gasteiger partial charge in [-0.2, -0.15) is 0 Å². The summed E-state index contributed by atoms with van der Waals surface area (Å²) in [5, 5.41) is 0. The first-order valence-corrected chi connectivity index (χ1v) is 4.73. The molecular weight excluding hydrogens is 246 g/mol. The van der Waals surface area contributed by atoms with Gasteiger partial charge in [0.1, 0.15) is 0 Å². The molecule has 0 bridgehead atoms. The molecule has 0 saturated heterocycles. The maximum absolute atomic E-state index is 10.9. The molecule has 1 aromatic rings. The Morgan fingerprint density at radius 1 is 1.29 bits per heavy atom. The third-order valence-electron chi connectivity index (χ3n) is 1.68. The van der Waals surface area contributed by atoms with Crippen molar-refractivity contribution in [2.75, 3.05) is 5.73 Å². The van der Waals surface area contributed by atoms with Crippen molar-refractivity contribution in [1.29, 1.82) is 0 Å². The summed E-state index contributed by atoms with van der Waals surface area (Å²) < 4.78 is -1.66. The molecule has 0 aliphatic carbocycles. The highest BCUT2D eigenvalue weighted by molar-refractivity contribution is 6.67. The predicted octanol–water partition coefficient (Wildman–Crippen LogP) is 2.19. The van der Waals surface area contributed by atoms with Crippen LogP contribution in [-0.2, 0) is 3.79 Å². The lowest BCUT2D eigenvalue weighted by molar-refractivity contribution is 0.100. The maximum atomic E-state index is 10.9. The minimum atomic E-state index is -1.66. The number of rotatable bonds is 1. The number of nitrogen functional groups attached to an aromatic ring is 1. The molecule has 0 unspecified atom stereocenters. The van der Waals surface area contributed by atoms with E-state index in [0.29, 0.717) is 0 Å². The fraction of sp³-hybridized carbons (Fsp3) is 0.125. The van der Waals surface area contributed by atoms with Crippen LogP contribution in [0.1, 0.15) is 15.9 Å². The number of hydrogen-bond donors (Lipinski definition) is 2. The standard InChI is InChI=1S/C8H7Cl3N2O/c9-8(10,11)5-3-1-2-4(6(5)12)7(13)14/h1-3H,12H2,(H2,13,14). The lowest BCUT2D eigenvalue weighted by atomic mass is 10.1. The van der Waals surface area contributed by atoms with Gasteiger partial charge in [-0.1, -0.05) is 46.9 Å². The van der Waals surface area contributed by atoms with Crippen molar-refractivity contribution in [1.82, 2.24) is 0 Å². The number of anilines is 1. The second-order valence-corrected chi connectivity index (χ2v) is 4.91. The Morgan fingerprint density at radius 2 is 1.86 bits per heavy atom. The van der Waals surface area contributed by atoms with E-state index in [0.717, 1.165) is 0 Å². The van der Waals surface area contributed by atoms with Crippen LogP contribution in [0.25, 0.3) is 0 Å². The fourth-order valence-electron chi connectivity index (χ4n) is 1.03. The molecule has 0 saturated carbocycles. The number of nitrogens with two attached hydrogens (primary N) is 2. The highest BCUT2D eigenvalue weighted by Crippen LogP contribution is 2.41. The summed E-state index contributed by atoms with van der Waals surface area (Å²) in [6.45, 7) is 0. The van der Waals surface area contributed by atoms with E-state index in [1.54, 1.807) is 6.07 Å². The van der Waals surface area contributed by atoms with Crippen LogP contribution in [0.3, 0.4) is 0 Å². The number of hydrogen-bond acceptors (Lipinski definition) is 2. The molecule has 76 valence electrons. The summed E-state index contributed by atoms with van der Waals surface area (Å²) in [5.41, 5.74) is 11.2. The zero-order valence-corrected chi connectivity index (χ0v) is 9.20. The molecule has 14 heavy (non-hydrogen) atoms. The van der Waals surface area contributed by atoms with Crippen LogP contribution in [0.2, 0.25) is 0 Å². The topological polar surface area (TPSA) is 69.1 Å². The lowest BCUT2D eigenvalue weighted by Crippen LogP contribution is -2.16. The number of carbonyl (C=O) groups is 1. The molecule has 3 nitrogen and oxygen atoms in total. The molecule has 1 rings (SSSR count). The molecule has 0 aliphatic heterocycles. The van der Waals surface area contributed by atoms with Gasteiger partial charge >= 0.3 is 0 Å². The number of amides is 1. The molecule has 1 amide bonds. The van der Waals surface area contributed by atoms with Gasteiger partial charge in [0.25, 0.3) is 5.91 Å². The summed E-state index contributed by atoms with van der Waals surface area (Å²) in [6, 6.07) is 4.54. The zero-order valence-electron chi connectivity index (χ0n) is 6.93. The van der Waals surface area contributed by atoms with Gasteiger partial charge in [-0.3, -0.25) is 4.79 Å². The van der Waals surface area contributed by atoms with Crippen molar-refractivity contribution in [2.45, 2.75) is 3.79 Å². The molecule has 0 radical (unpaired) electrons. The minimum absolute atomic E-state index is 0.0972. The van der Waals surface area contributed by atoms with Crippen molar-refractivity contribution in [2.24, 2.45) is 5.73 Å². The highest BCUT2D eigenvalue weighted by atomic mass is 35.6. The molecule has 1 aromatic carbocycles. The van der Waals surface area contributed by atoms with Crippen LogP contribution in [0.15, 0.2) is 18.2 Å². The van der Waals surface area contributed by atoms with Gasteiger partial charge in [0.05, 0.1) is 11.3 Å². The van der Waals surface area contributed by atoms with Gasteiger partial charge in [-0.25, -0.2) is 0 Å². The molecule has 6 heteroatoms. The zero-order chi connectivity index (χ0) is 10.9. The fourth-order valence-corrected chi connectivity index (χ4v) is 1.52. The summed E-state index contributed by atoms with van der Waals surface area (Å²) >= 11 is 16.9. The van der Waals surface area contributed by atoms with E-state index in [1.807, 2.05) is 0 Å². The monoisotopic (exact) mass is 252 g/mol. The van der Waals surface area contributed by atoms with E-state index in [1.165, 1.54) is 12.1 Å². The average molecular weight is 254 g/mol. The summed E-state index contributed by atoms with van der Waals surface area (Å²) in [6.07, 6.45) is 0.